The summed E-state index contributed by atoms with van der Waals surface area (Å²) in [6.45, 7) is 1.68. The van der Waals surface area contributed by atoms with E-state index in [0.29, 0.717) is 11.6 Å². The first-order valence-electron chi connectivity index (χ1n) is 5.93. The van der Waals surface area contributed by atoms with Crippen LogP contribution in [0.25, 0.3) is 0 Å². The Labute approximate surface area is 118 Å². The second-order valence-electron chi connectivity index (χ2n) is 4.37. The molecule has 1 heterocycles. The molecule has 1 amide bonds. The van der Waals surface area contributed by atoms with Gasteiger partial charge in [0.15, 0.2) is 5.82 Å². The number of H-pyrrole nitrogens is 1. The Morgan fingerprint density at radius 1 is 1.57 bits per heavy atom. The number of nitrogen functional groups attached to an aromatic ring is 1. The molecule has 0 saturated carbocycles. The summed E-state index contributed by atoms with van der Waals surface area (Å²) >= 11 is 0. The van der Waals surface area contributed by atoms with Gasteiger partial charge in [-0.05, 0) is 13.0 Å². The summed E-state index contributed by atoms with van der Waals surface area (Å²) in [5, 5.41) is 19.8. The number of aromatic nitrogens is 2. The van der Waals surface area contributed by atoms with E-state index in [1.165, 1.54) is 6.20 Å². The SMILES string of the molecule is CC(NC(=O)c1cc(N)c(F)cc1[N+](=O)[O-])c1cn[nH]c1. The van der Waals surface area contributed by atoms with Crippen molar-refractivity contribution in [2.24, 2.45) is 0 Å². The molecular formula is C12H12FN5O3. The summed E-state index contributed by atoms with van der Waals surface area (Å²) in [7, 11) is 0. The fraction of sp³-hybridized carbons (Fsp3) is 0.167. The lowest BCUT2D eigenvalue weighted by molar-refractivity contribution is -0.385. The summed E-state index contributed by atoms with van der Waals surface area (Å²) in [4.78, 5) is 22.2. The van der Waals surface area contributed by atoms with Gasteiger partial charge in [-0.3, -0.25) is 20.0 Å². The van der Waals surface area contributed by atoms with Crippen LogP contribution in [0.2, 0.25) is 0 Å². The van der Waals surface area contributed by atoms with Crippen LogP contribution < -0.4 is 11.1 Å². The van der Waals surface area contributed by atoms with Crippen molar-refractivity contribution in [3.05, 3.63) is 51.6 Å². The highest BCUT2D eigenvalue weighted by molar-refractivity contribution is 5.99. The number of carbonyl (C=O) groups excluding carboxylic acids is 1. The third-order valence-electron chi connectivity index (χ3n) is 2.92. The summed E-state index contributed by atoms with van der Waals surface area (Å²) in [6.07, 6.45) is 3.09. The van der Waals surface area contributed by atoms with Crippen molar-refractivity contribution in [2.45, 2.75) is 13.0 Å². The molecule has 0 bridgehead atoms. The van der Waals surface area contributed by atoms with Gasteiger partial charge in [0.2, 0.25) is 0 Å². The number of hydrogen-bond acceptors (Lipinski definition) is 5. The number of nitro groups is 1. The molecule has 9 heteroatoms. The maximum absolute atomic E-state index is 13.3. The molecule has 110 valence electrons. The van der Waals surface area contributed by atoms with Gasteiger partial charge in [0.1, 0.15) is 5.56 Å². The number of hydrogen-bond donors (Lipinski definition) is 3. The average molecular weight is 293 g/mol. The summed E-state index contributed by atoms with van der Waals surface area (Å²) in [6, 6.07) is 1.15. The van der Waals surface area contributed by atoms with E-state index in [9.17, 15) is 19.3 Å². The molecule has 0 aliphatic rings. The number of amides is 1. The van der Waals surface area contributed by atoms with Gasteiger partial charge in [-0.15, -0.1) is 0 Å². The lowest BCUT2D eigenvalue weighted by Crippen LogP contribution is -2.27. The van der Waals surface area contributed by atoms with E-state index in [2.05, 4.69) is 15.5 Å². The highest BCUT2D eigenvalue weighted by atomic mass is 19.1. The van der Waals surface area contributed by atoms with Gasteiger partial charge >= 0.3 is 0 Å². The third-order valence-corrected chi connectivity index (χ3v) is 2.92. The molecule has 0 radical (unpaired) electrons. The molecule has 8 nitrogen and oxygen atoms in total. The molecule has 0 fully saturated rings. The lowest BCUT2D eigenvalue weighted by atomic mass is 10.1. The van der Waals surface area contributed by atoms with Crippen molar-refractivity contribution in [1.29, 1.82) is 0 Å². The van der Waals surface area contributed by atoms with Crippen LogP contribution in [-0.2, 0) is 0 Å². The Morgan fingerprint density at radius 3 is 2.86 bits per heavy atom. The Bertz CT molecular complexity index is 686. The van der Waals surface area contributed by atoms with E-state index in [-0.39, 0.29) is 11.3 Å². The number of benzene rings is 1. The number of carbonyl (C=O) groups is 1. The second-order valence-corrected chi connectivity index (χ2v) is 4.37. The molecule has 0 spiro atoms. The number of nitrogens with two attached hydrogens (primary N) is 1. The standard InChI is InChI=1S/C12H12FN5O3/c1-6(7-4-15-16-5-7)17-12(19)8-2-10(14)9(13)3-11(8)18(20)21/h2-6H,14H2,1H3,(H,15,16)(H,17,19). The monoisotopic (exact) mass is 293 g/mol. The van der Waals surface area contributed by atoms with Crippen molar-refractivity contribution < 1.29 is 14.1 Å². The molecule has 1 aromatic carbocycles. The number of aromatic amines is 1. The van der Waals surface area contributed by atoms with Gasteiger partial charge in [0.05, 0.1) is 28.9 Å². The first-order chi connectivity index (χ1) is 9.90. The zero-order chi connectivity index (χ0) is 15.6. The van der Waals surface area contributed by atoms with Gasteiger partial charge in [-0.25, -0.2) is 4.39 Å². The fourth-order valence-electron chi connectivity index (χ4n) is 1.77. The van der Waals surface area contributed by atoms with Crippen LogP contribution in [0.1, 0.15) is 28.9 Å². The van der Waals surface area contributed by atoms with Crippen LogP contribution in [0.5, 0.6) is 0 Å². The lowest BCUT2D eigenvalue weighted by Gasteiger charge is -2.12. The molecule has 0 aliphatic heterocycles. The molecule has 2 aromatic rings. The molecule has 1 atom stereocenters. The van der Waals surface area contributed by atoms with E-state index >= 15 is 0 Å². The first-order valence-corrected chi connectivity index (χ1v) is 5.93. The summed E-state index contributed by atoms with van der Waals surface area (Å²) in [5.74, 6) is -1.66. The number of nitro benzene ring substituents is 1. The molecule has 0 aliphatic carbocycles. The summed E-state index contributed by atoms with van der Waals surface area (Å²) < 4.78 is 13.3. The van der Waals surface area contributed by atoms with Crippen LogP contribution in [0.3, 0.4) is 0 Å². The number of nitrogens with zero attached hydrogens (tertiary/aromatic N) is 2. The van der Waals surface area contributed by atoms with Crippen molar-refractivity contribution >= 4 is 17.3 Å². The predicted molar refractivity (Wildman–Crippen MR) is 71.9 cm³/mol. The van der Waals surface area contributed by atoms with Crippen molar-refractivity contribution in [3.8, 4) is 0 Å². The van der Waals surface area contributed by atoms with E-state index in [1.807, 2.05) is 0 Å². The minimum Gasteiger partial charge on any atom is -0.396 e. The van der Waals surface area contributed by atoms with E-state index in [4.69, 9.17) is 5.73 Å². The van der Waals surface area contributed by atoms with Gasteiger partial charge in [-0.2, -0.15) is 5.10 Å². The molecule has 0 saturated heterocycles. The Morgan fingerprint density at radius 2 is 2.29 bits per heavy atom. The molecular weight excluding hydrogens is 281 g/mol. The van der Waals surface area contributed by atoms with E-state index < -0.39 is 28.4 Å². The van der Waals surface area contributed by atoms with Gasteiger partial charge in [0, 0.05) is 11.8 Å². The molecule has 2 rings (SSSR count). The third kappa shape index (κ3) is 2.96. The second kappa shape index (κ2) is 5.57. The van der Waals surface area contributed by atoms with Gasteiger partial charge in [0.25, 0.3) is 11.6 Å². The maximum Gasteiger partial charge on any atom is 0.285 e. The van der Waals surface area contributed by atoms with Crippen LogP contribution in [0.4, 0.5) is 15.8 Å². The van der Waals surface area contributed by atoms with Crippen LogP contribution in [0, 0.1) is 15.9 Å². The predicted octanol–water partition coefficient (Wildman–Crippen LogP) is 1.53. The molecule has 4 N–H and O–H groups in total. The Balaban J connectivity index is 2.30. The largest absolute Gasteiger partial charge is 0.396 e. The van der Waals surface area contributed by atoms with Gasteiger partial charge < -0.3 is 11.1 Å². The zero-order valence-corrected chi connectivity index (χ0v) is 11.0. The van der Waals surface area contributed by atoms with Crippen LogP contribution >= 0.6 is 0 Å². The minimum absolute atomic E-state index is 0.297. The van der Waals surface area contributed by atoms with E-state index in [0.717, 1.165) is 6.07 Å². The number of rotatable bonds is 4. The first kappa shape index (κ1) is 14.4. The fourth-order valence-corrected chi connectivity index (χ4v) is 1.77. The molecule has 21 heavy (non-hydrogen) atoms. The Hall–Kier alpha value is -2.97. The van der Waals surface area contributed by atoms with E-state index in [1.54, 1.807) is 13.1 Å². The number of halogens is 1. The minimum atomic E-state index is -0.943. The van der Waals surface area contributed by atoms with Gasteiger partial charge in [-0.1, -0.05) is 0 Å². The topological polar surface area (TPSA) is 127 Å². The van der Waals surface area contributed by atoms with Crippen LogP contribution in [-0.4, -0.2) is 21.0 Å². The maximum atomic E-state index is 13.3. The highest BCUT2D eigenvalue weighted by Crippen LogP contribution is 2.25. The zero-order valence-electron chi connectivity index (χ0n) is 11.0. The normalized spacial score (nSPS) is 11.9. The van der Waals surface area contributed by atoms with Crippen molar-refractivity contribution in [2.75, 3.05) is 5.73 Å². The van der Waals surface area contributed by atoms with Crippen molar-refractivity contribution in [3.63, 3.8) is 0 Å². The summed E-state index contributed by atoms with van der Waals surface area (Å²) in [5.41, 5.74) is 4.79. The average Bonchev–Trinajstić information content (AvgIpc) is 2.95. The highest BCUT2D eigenvalue weighted by Gasteiger charge is 2.24. The molecule has 1 aromatic heterocycles. The smallest absolute Gasteiger partial charge is 0.285 e. The quantitative estimate of drug-likeness (QED) is 0.447. The number of anilines is 1. The molecule has 1 unspecified atom stereocenters. The Kier molecular flexibility index (Phi) is 3.83. The number of nitrogens with one attached hydrogen (secondary N) is 2. The van der Waals surface area contributed by atoms with Crippen LogP contribution in [0.15, 0.2) is 24.5 Å². The van der Waals surface area contributed by atoms with Crippen molar-refractivity contribution in [1.82, 2.24) is 15.5 Å².